The zero-order valence-corrected chi connectivity index (χ0v) is 12.4. The van der Waals surface area contributed by atoms with Gasteiger partial charge in [0, 0.05) is 8.99 Å². The Hall–Kier alpha value is -0.570. The summed E-state index contributed by atoms with van der Waals surface area (Å²) in [6.07, 6.45) is 4.36. The first-order chi connectivity index (χ1) is 7.48. The maximum absolute atomic E-state index is 2.38. The van der Waals surface area contributed by atoms with Gasteiger partial charge >= 0.3 is 0 Å². The maximum atomic E-state index is 2.38. The van der Waals surface area contributed by atoms with Crippen molar-refractivity contribution in [3.63, 3.8) is 0 Å². The molecular weight excluding hydrogens is 307 g/mol. The Morgan fingerprint density at radius 3 is 2.56 bits per heavy atom. The fraction of sp³-hybridized carbons (Fsp3) is 0.333. The Balaban J connectivity index is 2.72. The van der Waals surface area contributed by atoms with Crippen LogP contribution in [0, 0.1) is 3.57 Å². The second-order valence-corrected chi connectivity index (χ2v) is 6.10. The molecule has 16 heavy (non-hydrogen) atoms. The second kappa shape index (κ2) is 4.02. The lowest BCUT2D eigenvalue weighted by Gasteiger charge is -2.22. The summed E-state index contributed by atoms with van der Waals surface area (Å²) in [6.45, 7) is 8.95. The lowest BCUT2D eigenvalue weighted by molar-refractivity contribution is 0.639. The highest BCUT2D eigenvalue weighted by molar-refractivity contribution is 14.1. The largest absolute Gasteiger partial charge is 0.0870 e. The van der Waals surface area contributed by atoms with Crippen molar-refractivity contribution >= 4 is 28.2 Å². The summed E-state index contributed by atoms with van der Waals surface area (Å²) >= 11 is 2.38. The zero-order chi connectivity index (χ0) is 11.9. The maximum Gasteiger partial charge on any atom is 0.0136 e. The summed E-state index contributed by atoms with van der Waals surface area (Å²) in [7, 11) is 0. The predicted octanol–water partition coefficient (Wildman–Crippen LogP) is 4.93. The number of benzene rings is 1. The van der Waals surface area contributed by atoms with Gasteiger partial charge in [0.2, 0.25) is 0 Å². The summed E-state index contributed by atoms with van der Waals surface area (Å²) in [6, 6.07) is 6.77. The smallest absolute Gasteiger partial charge is 0.0136 e. The molecule has 0 bridgehead atoms. The Kier molecular flexibility index (Phi) is 2.99. The van der Waals surface area contributed by atoms with Gasteiger partial charge in [-0.15, -0.1) is 0 Å². The van der Waals surface area contributed by atoms with E-state index < -0.39 is 0 Å². The first-order valence-electron chi connectivity index (χ1n) is 5.63. The lowest BCUT2D eigenvalue weighted by atomic mass is 9.82. The van der Waals surface area contributed by atoms with E-state index in [0.29, 0.717) is 0 Å². The van der Waals surface area contributed by atoms with E-state index in [9.17, 15) is 0 Å². The average molecular weight is 324 g/mol. The van der Waals surface area contributed by atoms with Crippen LogP contribution in [0.5, 0.6) is 0 Å². The summed E-state index contributed by atoms with van der Waals surface area (Å²) in [4.78, 5) is 0. The summed E-state index contributed by atoms with van der Waals surface area (Å²) in [5.41, 5.74) is 5.92. The first-order valence-corrected chi connectivity index (χ1v) is 6.71. The summed E-state index contributed by atoms with van der Waals surface area (Å²) in [5.74, 6) is 0. The molecule has 0 saturated carbocycles. The minimum atomic E-state index is 0.175. The van der Waals surface area contributed by atoms with E-state index in [1.54, 1.807) is 0 Å². The van der Waals surface area contributed by atoms with E-state index in [1.807, 2.05) is 0 Å². The van der Waals surface area contributed by atoms with E-state index in [-0.39, 0.29) is 5.41 Å². The van der Waals surface area contributed by atoms with Gasteiger partial charge in [0.25, 0.3) is 0 Å². The average Bonchev–Trinajstić information content (AvgIpc) is 2.40. The standard InChI is InChI=1S/C15H17I/c1-5-6-12-10(2)15(3,4)14-8-7-11(16)9-13(12)14/h5-9H,1-4H3/b6-5-. The van der Waals surface area contributed by atoms with E-state index in [0.717, 1.165) is 0 Å². The van der Waals surface area contributed by atoms with E-state index >= 15 is 0 Å². The van der Waals surface area contributed by atoms with Gasteiger partial charge in [-0.3, -0.25) is 0 Å². The Bertz CT molecular complexity index is 490. The number of fused-ring (bicyclic) bond motifs is 1. The summed E-state index contributed by atoms with van der Waals surface area (Å²) in [5, 5.41) is 0. The third-order valence-electron chi connectivity index (χ3n) is 3.62. The van der Waals surface area contributed by atoms with Gasteiger partial charge in [-0.1, -0.05) is 37.6 Å². The summed E-state index contributed by atoms with van der Waals surface area (Å²) < 4.78 is 1.31. The minimum absolute atomic E-state index is 0.175. The van der Waals surface area contributed by atoms with Crippen molar-refractivity contribution in [3.8, 4) is 0 Å². The molecule has 84 valence electrons. The molecular formula is C15H17I. The normalized spacial score (nSPS) is 18.3. The number of halogens is 1. The van der Waals surface area contributed by atoms with Gasteiger partial charge in [-0.25, -0.2) is 0 Å². The van der Waals surface area contributed by atoms with Crippen molar-refractivity contribution in [3.05, 3.63) is 50.6 Å². The van der Waals surface area contributed by atoms with Gasteiger partial charge < -0.3 is 0 Å². The third kappa shape index (κ3) is 1.65. The molecule has 0 aliphatic heterocycles. The van der Waals surface area contributed by atoms with Crippen LogP contribution in [0.1, 0.15) is 38.8 Å². The van der Waals surface area contributed by atoms with Gasteiger partial charge in [-0.05, 0) is 65.3 Å². The molecule has 1 aliphatic carbocycles. The van der Waals surface area contributed by atoms with Crippen LogP contribution in [-0.2, 0) is 5.41 Å². The van der Waals surface area contributed by atoms with E-state index in [2.05, 4.69) is 80.6 Å². The molecule has 0 spiro atoms. The lowest BCUT2D eigenvalue weighted by Crippen LogP contribution is -2.15. The number of hydrogen-bond donors (Lipinski definition) is 0. The monoisotopic (exact) mass is 324 g/mol. The molecule has 1 heteroatoms. The highest BCUT2D eigenvalue weighted by atomic mass is 127. The number of hydrogen-bond acceptors (Lipinski definition) is 0. The van der Waals surface area contributed by atoms with Gasteiger partial charge in [0.15, 0.2) is 0 Å². The van der Waals surface area contributed by atoms with Crippen LogP contribution in [0.2, 0.25) is 0 Å². The predicted molar refractivity (Wildman–Crippen MR) is 79.6 cm³/mol. The second-order valence-electron chi connectivity index (χ2n) is 4.85. The van der Waals surface area contributed by atoms with Crippen molar-refractivity contribution in [1.82, 2.24) is 0 Å². The van der Waals surface area contributed by atoms with E-state index in [1.165, 1.54) is 25.8 Å². The molecule has 0 N–H and O–H groups in total. The van der Waals surface area contributed by atoms with Crippen LogP contribution in [0.4, 0.5) is 0 Å². The topological polar surface area (TPSA) is 0 Å². The quantitative estimate of drug-likeness (QED) is 0.643. The highest BCUT2D eigenvalue weighted by Crippen LogP contribution is 2.46. The van der Waals surface area contributed by atoms with Gasteiger partial charge in [-0.2, -0.15) is 0 Å². The van der Waals surface area contributed by atoms with E-state index in [4.69, 9.17) is 0 Å². The van der Waals surface area contributed by atoms with Crippen molar-refractivity contribution in [1.29, 1.82) is 0 Å². The molecule has 1 aromatic rings. The van der Waals surface area contributed by atoms with Gasteiger partial charge in [0.1, 0.15) is 0 Å². The number of rotatable bonds is 1. The van der Waals surface area contributed by atoms with Crippen molar-refractivity contribution in [2.24, 2.45) is 0 Å². The van der Waals surface area contributed by atoms with Crippen molar-refractivity contribution in [2.75, 3.05) is 0 Å². The van der Waals surface area contributed by atoms with Gasteiger partial charge in [0.05, 0.1) is 0 Å². The van der Waals surface area contributed by atoms with Crippen LogP contribution in [-0.4, -0.2) is 0 Å². The fourth-order valence-electron chi connectivity index (χ4n) is 2.41. The molecule has 0 aromatic heterocycles. The third-order valence-corrected chi connectivity index (χ3v) is 4.29. The van der Waals surface area contributed by atoms with Crippen LogP contribution < -0.4 is 0 Å². The highest BCUT2D eigenvalue weighted by Gasteiger charge is 2.33. The fourth-order valence-corrected chi connectivity index (χ4v) is 2.90. The molecule has 0 radical (unpaired) electrons. The Morgan fingerprint density at radius 1 is 1.25 bits per heavy atom. The van der Waals surface area contributed by atoms with Crippen LogP contribution in [0.15, 0.2) is 35.9 Å². The minimum Gasteiger partial charge on any atom is -0.0870 e. The molecule has 0 nitrogen and oxygen atoms in total. The van der Waals surface area contributed by atoms with Crippen LogP contribution >= 0.6 is 22.6 Å². The molecule has 0 saturated heterocycles. The molecule has 2 rings (SSSR count). The van der Waals surface area contributed by atoms with Crippen LogP contribution in [0.25, 0.3) is 5.57 Å². The molecule has 1 aromatic carbocycles. The van der Waals surface area contributed by atoms with Crippen molar-refractivity contribution < 1.29 is 0 Å². The van der Waals surface area contributed by atoms with Crippen molar-refractivity contribution in [2.45, 2.75) is 33.1 Å². The first kappa shape index (κ1) is 11.9. The molecule has 1 aliphatic rings. The molecule has 0 atom stereocenters. The Morgan fingerprint density at radius 2 is 1.94 bits per heavy atom. The molecule has 0 fully saturated rings. The Labute approximate surface area is 112 Å². The molecule has 0 amide bonds. The number of allylic oxidation sites excluding steroid dienone is 4. The molecule has 0 heterocycles. The van der Waals surface area contributed by atoms with Crippen LogP contribution in [0.3, 0.4) is 0 Å². The molecule has 0 unspecified atom stereocenters. The SMILES string of the molecule is C/C=C\C1=C(C)C(C)(C)c2ccc(I)cc21. The zero-order valence-electron chi connectivity index (χ0n) is 10.3.